The zero-order valence-electron chi connectivity index (χ0n) is 20.1. The topological polar surface area (TPSA) is 75.6 Å². The SMILES string of the molecule is CO/C=C(/C(=O)OC)c1ccccc1COc1cc(/C=N/OCCc2ccccc2)ccc1OC. The Labute approximate surface area is 205 Å². The molecule has 0 heterocycles. The third-order valence-corrected chi connectivity index (χ3v) is 5.12. The average molecular weight is 476 g/mol. The highest BCUT2D eigenvalue weighted by Gasteiger charge is 2.17. The summed E-state index contributed by atoms with van der Waals surface area (Å²) in [4.78, 5) is 17.6. The molecule has 3 rings (SSSR count). The molecule has 0 bridgehead atoms. The molecule has 0 aliphatic rings. The Hall–Kier alpha value is -4.26. The fourth-order valence-electron chi connectivity index (χ4n) is 3.36. The van der Waals surface area contributed by atoms with Crippen LogP contribution in [0.1, 0.15) is 22.3 Å². The summed E-state index contributed by atoms with van der Waals surface area (Å²) >= 11 is 0. The Bertz CT molecular complexity index is 1160. The molecular weight excluding hydrogens is 446 g/mol. The van der Waals surface area contributed by atoms with Crippen molar-refractivity contribution >= 4 is 17.8 Å². The van der Waals surface area contributed by atoms with E-state index in [-0.39, 0.29) is 6.61 Å². The lowest BCUT2D eigenvalue weighted by Gasteiger charge is -2.14. The van der Waals surface area contributed by atoms with Crippen molar-refractivity contribution in [2.75, 3.05) is 27.9 Å². The van der Waals surface area contributed by atoms with Gasteiger partial charge in [0.2, 0.25) is 0 Å². The third-order valence-electron chi connectivity index (χ3n) is 5.12. The molecular formula is C28H29NO6. The molecule has 0 aromatic heterocycles. The van der Waals surface area contributed by atoms with Crippen molar-refractivity contribution in [3.05, 3.63) is 101 Å². The zero-order valence-corrected chi connectivity index (χ0v) is 20.1. The minimum atomic E-state index is -0.498. The number of esters is 1. The van der Waals surface area contributed by atoms with Gasteiger partial charge in [0, 0.05) is 12.0 Å². The number of methoxy groups -OCH3 is 3. The maximum absolute atomic E-state index is 12.2. The number of ether oxygens (including phenoxy) is 4. The minimum Gasteiger partial charge on any atom is -0.503 e. The zero-order chi connectivity index (χ0) is 24.9. The van der Waals surface area contributed by atoms with Crippen LogP contribution in [0.15, 0.2) is 84.2 Å². The lowest BCUT2D eigenvalue weighted by Crippen LogP contribution is -2.08. The highest BCUT2D eigenvalue weighted by atomic mass is 16.6. The summed E-state index contributed by atoms with van der Waals surface area (Å²) in [6.07, 6.45) is 3.77. The first kappa shape index (κ1) is 25.4. The molecule has 0 aliphatic heterocycles. The van der Waals surface area contributed by atoms with E-state index < -0.39 is 5.97 Å². The predicted octanol–water partition coefficient (Wildman–Crippen LogP) is 5.03. The van der Waals surface area contributed by atoms with E-state index in [9.17, 15) is 4.79 Å². The molecule has 182 valence electrons. The molecule has 7 heteroatoms. The van der Waals surface area contributed by atoms with Crippen molar-refractivity contribution in [3.63, 3.8) is 0 Å². The maximum Gasteiger partial charge on any atom is 0.341 e. The van der Waals surface area contributed by atoms with Crippen LogP contribution in [-0.4, -0.2) is 40.1 Å². The summed E-state index contributed by atoms with van der Waals surface area (Å²) in [6, 6.07) is 23.0. The predicted molar refractivity (Wildman–Crippen MR) is 134 cm³/mol. The van der Waals surface area contributed by atoms with Crippen molar-refractivity contribution in [3.8, 4) is 11.5 Å². The van der Waals surface area contributed by atoms with E-state index in [1.807, 2.05) is 54.6 Å². The summed E-state index contributed by atoms with van der Waals surface area (Å²) < 4.78 is 21.5. The van der Waals surface area contributed by atoms with Gasteiger partial charge < -0.3 is 23.8 Å². The number of benzene rings is 3. The van der Waals surface area contributed by atoms with Gasteiger partial charge in [0.05, 0.1) is 33.8 Å². The Morgan fingerprint density at radius 3 is 2.43 bits per heavy atom. The lowest BCUT2D eigenvalue weighted by atomic mass is 10.0. The average Bonchev–Trinajstić information content (AvgIpc) is 2.91. The summed E-state index contributed by atoms with van der Waals surface area (Å²) in [5.74, 6) is 0.610. The number of carbonyl (C=O) groups excluding carboxylic acids is 1. The number of oxime groups is 1. The van der Waals surface area contributed by atoms with E-state index in [0.29, 0.717) is 29.2 Å². The summed E-state index contributed by atoms with van der Waals surface area (Å²) in [6.45, 7) is 0.674. The number of carbonyl (C=O) groups is 1. The van der Waals surface area contributed by atoms with Crippen molar-refractivity contribution in [1.29, 1.82) is 0 Å². The molecule has 0 N–H and O–H groups in total. The van der Waals surface area contributed by atoms with Gasteiger partial charge in [-0.2, -0.15) is 0 Å². The third kappa shape index (κ3) is 7.37. The molecule has 0 unspecified atom stereocenters. The van der Waals surface area contributed by atoms with Gasteiger partial charge in [-0.25, -0.2) is 4.79 Å². The molecule has 0 atom stereocenters. The molecule has 3 aromatic rings. The van der Waals surface area contributed by atoms with E-state index in [2.05, 4.69) is 17.3 Å². The second kappa shape index (κ2) is 13.4. The van der Waals surface area contributed by atoms with E-state index >= 15 is 0 Å². The van der Waals surface area contributed by atoms with Crippen LogP contribution in [0.5, 0.6) is 11.5 Å². The monoisotopic (exact) mass is 475 g/mol. The maximum atomic E-state index is 12.2. The fourth-order valence-corrected chi connectivity index (χ4v) is 3.36. The molecule has 3 aromatic carbocycles. The molecule has 0 radical (unpaired) electrons. The Morgan fingerprint density at radius 2 is 1.69 bits per heavy atom. The highest BCUT2D eigenvalue weighted by molar-refractivity contribution is 6.16. The number of hydrogen-bond donors (Lipinski definition) is 0. The first-order chi connectivity index (χ1) is 17.2. The van der Waals surface area contributed by atoms with Crippen LogP contribution in [0.4, 0.5) is 0 Å². The van der Waals surface area contributed by atoms with Crippen LogP contribution >= 0.6 is 0 Å². The quantitative estimate of drug-likeness (QED) is 0.0914. The summed E-state index contributed by atoms with van der Waals surface area (Å²) in [7, 11) is 4.38. The van der Waals surface area contributed by atoms with Crippen LogP contribution in [-0.2, 0) is 32.1 Å². The normalized spacial score (nSPS) is 11.2. The molecule has 0 fully saturated rings. The molecule has 0 spiro atoms. The Morgan fingerprint density at radius 1 is 0.914 bits per heavy atom. The van der Waals surface area contributed by atoms with Gasteiger partial charge in [-0.15, -0.1) is 0 Å². The summed E-state index contributed by atoms with van der Waals surface area (Å²) in [5.41, 5.74) is 3.73. The van der Waals surface area contributed by atoms with Gasteiger partial charge in [-0.05, 0) is 34.9 Å². The second-order valence-electron chi connectivity index (χ2n) is 7.42. The number of rotatable bonds is 12. The molecule has 0 saturated heterocycles. The van der Waals surface area contributed by atoms with Gasteiger partial charge >= 0.3 is 5.97 Å². The smallest absolute Gasteiger partial charge is 0.341 e. The van der Waals surface area contributed by atoms with Crippen LogP contribution in [0.2, 0.25) is 0 Å². The van der Waals surface area contributed by atoms with Crippen molar-refractivity contribution < 1.29 is 28.6 Å². The Balaban J connectivity index is 1.69. The van der Waals surface area contributed by atoms with E-state index in [0.717, 1.165) is 17.5 Å². The molecule has 0 aliphatic carbocycles. The second-order valence-corrected chi connectivity index (χ2v) is 7.42. The van der Waals surface area contributed by atoms with E-state index in [1.54, 1.807) is 19.4 Å². The number of nitrogens with zero attached hydrogens (tertiary/aromatic N) is 1. The minimum absolute atomic E-state index is 0.193. The molecule has 0 amide bonds. The van der Waals surface area contributed by atoms with Crippen LogP contribution < -0.4 is 9.47 Å². The lowest BCUT2D eigenvalue weighted by molar-refractivity contribution is -0.133. The van der Waals surface area contributed by atoms with Crippen LogP contribution in [0.25, 0.3) is 5.57 Å². The van der Waals surface area contributed by atoms with Gasteiger partial charge in [0.25, 0.3) is 0 Å². The summed E-state index contributed by atoms with van der Waals surface area (Å²) in [5, 5.41) is 4.06. The van der Waals surface area contributed by atoms with E-state index in [1.165, 1.54) is 26.0 Å². The van der Waals surface area contributed by atoms with Gasteiger partial charge in [-0.1, -0.05) is 59.8 Å². The first-order valence-corrected chi connectivity index (χ1v) is 11.1. The molecule has 0 saturated carbocycles. The van der Waals surface area contributed by atoms with Crippen molar-refractivity contribution in [1.82, 2.24) is 0 Å². The number of hydrogen-bond acceptors (Lipinski definition) is 7. The van der Waals surface area contributed by atoms with Crippen LogP contribution in [0, 0.1) is 0 Å². The van der Waals surface area contributed by atoms with Gasteiger partial charge in [0.1, 0.15) is 18.8 Å². The molecule has 7 nitrogen and oxygen atoms in total. The largest absolute Gasteiger partial charge is 0.503 e. The van der Waals surface area contributed by atoms with Crippen molar-refractivity contribution in [2.45, 2.75) is 13.0 Å². The van der Waals surface area contributed by atoms with Gasteiger partial charge in [0.15, 0.2) is 11.5 Å². The van der Waals surface area contributed by atoms with Crippen LogP contribution in [0.3, 0.4) is 0 Å². The van der Waals surface area contributed by atoms with E-state index in [4.69, 9.17) is 23.8 Å². The van der Waals surface area contributed by atoms with Gasteiger partial charge in [-0.3, -0.25) is 0 Å². The van der Waals surface area contributed by atoms with Crippen molar-refractivity contribution in [2.24, 2.45) is 5.16 Å². The fraction of sp³-hybridized carbons (Fsp3) is 0.214. The first-order valence-electron chi connectivity index (χ1n) is 11.1. The Kier molecular flexibility index (Phi) is 9.75. The standard InChI is InChI=1S/C28H29NO6/c1-31-20-25(28(30)33-3)24-12-8-7-11-23(24)19-34-27-17-22(13-14-26(27)32-2)18-29-35-16-15-21-9-5-4-6-10-21/h4-14,17-18,20H,15-16,19H2,1-3H3/b25-20+,29-18+. The highest BCUT2D eigenvalue weighted by Crippen LogP contribution is 2.30. The molecule has 35 heavy (non-hydrogen) atoms.